The van der Waals surface area contributed by atoms with Crippen LogP contribution in [-0.4, -0.2) is 28.3 Å². The summed E-state index contributed by atoms with van der Waals surface area (Å²) in [6.07, 6.45) is -1.14. The number of benzene rings is 2. The fourth-order valence-electron chi connectivity index (χ4n) is 5.01. The monoisotopic (exact) mass is 587 g/mol. The number of halogens is 5. The lowest BCUT2D eigenvalue weighted by atomic mass is 9.75. The molecule has 1 atom stereocenters. The van der Waals surface area contributed by atoms with E-state index in [2.05, 4.69) is 53.4 Å². The third-order valence-electron chi connectivity index (χ3n) is 7.42. The molecule has 4 N–H and O–H groups in total. The number of rotatable bonds is 7. The van der Waals surface area contributed by atoms with Gasteiger partial charge in [0.1, 0.15) is 11.9 Å². The maximum absolute atomic E-state index is 14.0. The number of hydrogen-bond donors (Lipinski definition) is 4. The van der Waals surface area contributed by atoms with Crippen LogP contribution in [0.4, 0.5) is 28.9 Å². The molecule has 1 aliphatic heterocycles. The Labute approximate surface area is 240 Å². The highest BCUT2D eigenvalue weighted by Crippen LogP contribution is 2.50. The van der Waals surface area contributed by atoms with E-state index in [1.54, 1.807) is 24.3 Å². The van der Waals surface area contributed by atoms with E-state index < -0.39 is 23.6 Å². The minimum atomic E-state index is -4.43. The number of nitrogens with zero attached hydrogens (tertiary/aromatic N) is 3. The molecule has 1 saturated carbocycles. The first-order valence-corrected chi connectivity index (χ1v) is 13.6. The van der Waals surface area contributed by atoms with Gasteiger partial charge in [0.2, 0.25) is 0 Å². The van der Waals surface area contributed by atoms with Gasteiger partial charge < -0.3 is 16.1 Å². The molecule has 216 valence electrons. The van der Waals surface area contributed by atoms with Crippen molar-refractivity contribution >= 4 is 33.9 Å². The Hall–Kier alpha value is -3.75. The van der Waals surface area contributed by atoms with Crippen LogP contribution < -0.4 is 21.6 Å². The highest BCUT2D eigenvalue weighted by atomic mass is 35.5. The van der Waals surface area contributed by atoms with E-state index in [0.717, 1.165) is 5.01 Å². The van der Waals surface area contributed by atoms with Gasteiger partial charge >= 0.3 is 6.18 Å². The molecule has 7 nitrogen and oxygen atoms in total. The number of aromatic nitrogens is 1. The van der Waals surface area contributed by atoms with E-state index in [9.17, 15) is 22.8 Å². The van der Waals surface area contributed by atoms with Gasteiger partial charge in [-0.2, -0.15) is 18.4 Å². The zero-order chi connectivity index (χ0) is 29.6. The normalized spacial score (nSPS) is 17.3. The topological polar surface area (TPSA) is 88.0 Å². The molecule has 0 unspecified atom stereocenters. The standard InChI is InChI=1S/C29H30ClF4N7/c1-27(2,3)16-37-24-18(13-35)14-36-26-21(24)11-20(12-22(26)30)38-25(17-5-7-19(31)8-6-17)23-15-41(40-39-23)28(9-4-10-28)29(32,33)34/h5-8,11-12,14-15,25,38-40H,4,9-10,16H2,1-3H3,(H,36,37)/t25-/m0/s1. The van der Waals surface area contributed by atoms with Gasteiger partial charge in [0, 0.05) is 30.0 Å². The number of alkyl halides is 3. The average molecular weight is 588 g/mol. The van der Waals surface area contributed by atoms with Crippen molar-refractivity contribution in [1.29, 1.82) is 5.26 Å². The Morgan fingerprint density at radius 3 is 2.46 bits per heavy atom. The van der Waals surface area contributed by atoms with Crippen molar-refractivity contribution in [2.75, 3.05) is 17.2 Å². The van der Waals surface area contributed by atoms with Gasteiger partial charge in [0.05, 0.1) is 33.5 Å². The van der Waals surface area contributed by atoms with Gasteiger partial charge in [0.15, 0.2) is 5.54 Å². The maximum Gasteiger partial charge on any atom is 0.413 e. The SMILES string of the molecule is CC(C)(C)CNc1c(C#N)cnc2c(Cl)cc(N[C@H](C3=CN(C4(C(F)(F)F)CCC4)NN3)c3ccc(F)cc3)cc12. The molecule has 3 aromatic rings. The van der Waals surface area contributed by atoms with Crippen LogP contribution in [0.5, 0.6) is 0 Å². The van der Waals surface area contributed by atoms with Crippen LogP contribution in [0.15, 0.2) is 54.5 Å². The zero-order valence-electron chi connectivity index (χ0n) is 22.8. The summed E-state index contributed by atoms with van der Waals surface area (Å²) in [7, 11) is 0. The molecular weight excluding hydrogens is 558 g/mol. The second kappa shape index (κ2) is 10.6. The van der Waals surface area contributed by atoms with E-state index in [-0.39, 0.29) is 18.3 Å². The van der Waals surface area contributed by atoms with Crippen LogP contribution in [0.2, 0.25) is 5.02 Å². The second-order valence-corrected chi connectivity index (χ2v) is 12.0. The first kappa shape index (κ1) is 28.8. The first-order valence-electron chi connectivity index (χ1n) is 13.2. The summed E-state index contributed by atoms with van der Waals surface area (Å²) in [6.45, 7) is 6.77. The third-order valence-corrected chi connectivity index (χ3v) is 7.71. The van der Waals surface area contributed by atoms with Crippen LogP contribution in [0.3, 0.4) is 0 Å². The first-order chi connectivity index (χ1) is 19.3. The molecule has 1 aromatic heterocycles. The van der Waals surface area contributed by atoms with E-state index in [4.69, 9.17) is 11.6 Å². The average Bonchev–Trinajstić information content (AvgIpc) is 3.34. The van der Waals surface area contributed by atoms with Crippen LogP contribution in [0.25, 0.3) is 10.9 Å². The van der Waals surface area contributed by atoms with Gasteiger partial charge in [-0.25, -0.2) is 4.39 Å². The predicted molar refractivity (Wildman–Crippen MR) is 151 cm³/mol. The Morgan fingerprint density at radius 1 is 1.17 bits per heavy atom. The summed E-state index contributed by atoms with van der Waals surface area (Å²) in [5.74, 6) is -0.440. The minimum Gasteiger partial charge on any atom is -0.383 e. The highest BCUT2D eigenvalue weighted by molar-refractivity contribution is 6.35. The molecule has 12 heteroatoms. The van der Waals surface area contributed by atoms with Crippen molar-refractivity contribution in [2.45, 2.75) is 57.8 Å². The molecule has 0 spiro atoms. The van der Waals surface area contributed by atoms with E-state index in [1.807, 2.05) is 0 Å². The van der Waals surface area contributed by atoms with Crippen LogP contribution in [0.1, 0.15) is 57.2 Å². The quantitative estimate of drug-likeness (QED) is 0.218. The second-order valence-electron chi connectivity index (χ2n) is 11.6. The fraction of sp³-hybridized carbons (Fsp3) is 0.379. The summed E-state index contributed by atoms with van der Waals surface area (Å²) in [5, 5.41) is 18.5. The maximum atomic E-state index is 14.0. The Kier molecular flexibility index (Phi) is 7.42. The summed E-state index contributed by atoms with van der Waals surface area (Å²) >= 11 is 6.65. The van der Waals surface area contributed by atoms with Crippen LogP contribution in [0, 0.1) is 22.6 Å². The van der Waals surface area contributed by atoms with Crippen LogP contribution >= 0.6 is 11.6 Å². The lowest BCUT2D eigenvalue weighted by Gasteiger charge is -2.48. The predicted octanol–water partition coefficient (Wildman–Crippen LogP) is 7.16. The fourth-order valence-corrected chi connectivity index (χ4v) is 5.28. The van der Waals surface area contributed by atoms with Crippen molar-refractivity contribution in [1.82, 2.24) is 21.0 Å². The number of nitriles is 1. The zero-order valence-corrected chi connectivity index (χ0v) is 23.5. The van der Waals surface area contributed by atoms with Gasteiger partial charge in [-0.3, -0.25) is 9.99 Å². The molecule has 1 aliphatic carbocycles. The molecule has 1 fully saturated rings. The van der Waals surface area contributed by atoms with Crippen molar-refractivity contribution in [2.24, 2.45) is 5.41 Å². The number of hydrogen-bond acceptors (Lipinski definition) is 7. The Bertz CT molecular complexity index is 1520. The van der Waals surface area contributed by atoms with Crippen molar-refractivity contribution < 1.29 is 17.6 Å². The van der Waals surface area contributed by atoms with E-state index >= 15 is 0 Å². The molecule has 2 heterocycles. The number of nitrogens with one attached hydrogen (secondary N) is 4. The molecule has 0 amide bonds. The molecule has 0 radical (unpaired) electrons. The largest absolute Gasteiger partial charge is 0.413 e. The molecule has 0 bridgehead atoms. The molecule has 5 rings (SSSR count). The minimum absolute atomic E-state index is 0.0253. The van der Waals surface area contributed by atoms with Gasteiger partial charge in [-0.15, -0.1) is 5.53 Å². The Balaban J connectivity index is 1.56. The molecule has 0 saturated heterocycles. The van der Waals surface area contributed by atoms with Gasteiger partial charge in [0.25, 0.3) is 0 Å². The molecular formula is C29H30ClF4N7. The number of anilines is 2. The summed E-state index contributed by atoms with van der Waals surface area (Å²) < 4.78 is 55.9. The number of hydrazine groups is 2. The third kappa shape index (κ3) is 5.59. The smallest absolute Gasteiger partial charge is 0.383 e. The summed E-state index contributed by atoms with van der Waals surface area (Å²) in [6, 6.07) is 10.6. The lowest BCUT2D eigenvalue weighted by molar-refractivity contribution is -0.257. The number of fused-ring (bicyclic) bond motifs is 1. The molecule has 2 aliphatic rings. The van der Waals surface area contributed by atoms with Gasteiger partial charge in [-0.05, 0) is 54.5 Å². The van der Waals surface area contributed by atoms with E-state index in [0.29, 0.717) is 57.1 Å². The van der Waals surface area contributed by atoms with E-state index in [1.165, 1.54) is 24.5 Å². The van der Waals surface area contributed by atoms with Crippen LogP contribution in [-0.2, 0) is 0 Å². The number of pyridine rings is 1. The Morgan fingerprint density at radius 2 is 1.88 bits per heavy atom. The van der Waals surface area contributed by atoms with Crippen molar-refractivity contribution in [3.05, 3.63) is 76.5 Å². The summed E-state index contributed by atoms with van der Waals surface area (Å²) in [5.41, 5.74) is 6.44. The van der Waals surface area contributed by atoms with Gasteiger partial charge in [-0.1, -0.05) is 44.5 Å². The van der Waals surface area contributed by atoms with Crippen molar-refractivity contribution in [3.63, 3.8) is 0 Å². The molecule has 2 aromatic carbocycles. The lowest BCUT2D eigenvalue weighted by Crippen LogP contribution is -2.65. The van der Waals surface area contributed by atoms with Crippen molar-refractivity contribution in [3.8, 4) is 6.07 Å². The highest BCUT2D eigenvalue weighted by Gasteiger charge is 2.62. The molecule has 41 heavy (non-hydrogen) atoms. The summed E-state index contributed by atoms with van der Waals surface area (Å²) in [4.78, 5) is 4.39.